The number of aromatic nitrogens is 3. The summed E-state index contributed by atoms with van der Waals surface area (Å²) in [5, 5.41) is 4.68. The number of halogens is 2. The van der Waals surface area contributed by atoms with E-state index >= 15 is 0 Å². The van der Waals surface area contributed by atoms with Crippen molar-refractivity contribution in [2.24, 2.45) is 7.05 Å². The van der Waals surface area contributed by atoms with Crippen LogP contribution >= 0.6 is 11.6 Å². The number of nitrogens with zero attached hydrogens (tertiary/aromatic N) is 3. The number of hydrogen-bond donors (Lipinski definition) is 1. The van der Waals surface area contributed by atoms with Crippen LogP contribution in [0, 0.1) is 5.82 Å². The Balaban J connectivity index is 1.39. The first-order valence-corrected chi connectivity index (χ1v) is 10.7. The van der Waals surface area contributed by atoms with Crippen molar-refractivity contribution in [1.82, 2.24) is 14.5 Å². The van der Waals surface area contributed by atoms with Gasteiger partial charge in [-0.2, -0.15) is 0 Å². The van der Waals surface area contributed by atoms with Crippen LogP contribution in [0.3, 0.4) is 0 Å². The Labute approximate surface area is 195 Å². The molecule has 0 saturated carbocycles. The third-order valence-corrected chi connectivity index (χ3v) is 5.65. The zero-order valence-corrected chi connectivity index (χ0v) is 18.6. The minimum Gasteiger partial charge on any atom is -0.487 e. The molecule has 0 aliphatic heterocycles. The lowest BCUT2D eigenvalue weighted by Crippen LogP contribution is -1.99. The number of rotatable bonds is 6. The van der Waals surface area contributed by atoms with Gasteiger partial charge in [0.2, 0.25) is 0 Å². The van der Waals surface area contributed by atoms with Gasteiger partial charge < -0.3 is 14.6 Å². The largest absolute Gasteiger partial charge is 0.487 e. The first-order valence-electron chi connectivity index (χ1n) is 10.4. The maximum Gasteiger partial charge on any atom is 0.141 e. The van der Waals surface area contributed by atoms with Gasteiger partial charge in [0.25, 0.3) is 0 Å². The van der Waals surface area contributed by atoms with Gasteiger partial charge in [0.05, 0.1) is 10.5 Å². The van der Waals surface area contributed by atoms with Crippen molar-refractivity contribution in [3.63, 3.8) is 0 Å². The Morgan fingerprint density at radius 3 is 2.70 bits per heavy atom. The highest BCUT2D eigenvalue weighted by molar-refractivity contribution is 6.32. The van der Waals surface area contributed by atoms with Crippen molar-refractivity contribution in [2.45, 2.75) is 6.61 Å². The van der Waals surface area contributed by atoms with Crippen molar-refractivity contribution in [3.8, 4) is 17.0 Å². The molecule has 5 aromatic rings. The molecule has 2 aromatic heterocycles. The minimum absolute atomic E-state index is 0.225. The van der Waals surface area contributed by atoms with Gasteiger partial charge in [0, 0.05) is 30.0 Å². The lowest BCUT2D eigenvalue weighted by molar-refractivity contribution is 0.306. The van der Waals surface area contributed by atoms with Crippen molar-refractivity contribution in [2.75, 3.05) is 5.32 Å². The van der Waals surface area contributed by atoms with Crippen LogP contribution < -0.4 is 10.1 Å². The average Bonchev–Trinajstić information content (AvgIpc) is 3.24. The van der Waals surface area contributed by atoms with Crippen LogP contribution in [0.25, 0.3) is 22.2 Å². The molecule has 7 heteroatoms. The molecule has 3 aromatic carbocycles. The standard InChI is InChI=1S/C26H20ClFN4O/c1-32-11-3-6-24(32)18-7-9-23-21(13-18)26(30-16-29-23)31-20-8-10-25(22(27)14-20)33-15-17-4-2-5-19(28)12-17/h2-14,16H,15H2,1H3,(H,29,30,31). The van der Waals surface area contributed by atoms with Crippen molar-refractivity contribution in [3.05, 3.63) is 102 Å². The lowest BCUT2D eigenvalue weighted by atomic mass is 10.1. The topological polar surface area (TPSA) is 52.0 Å². The molecule has 0 aliphatic carbocycles. The van der Waals surface area contributed by atoms with E-state index in [1.807, 2.05) is 31.4 Å². The van der Waals surface area contributed by atoms with Crippen LogP contribution in [0.4, 0.5) is 15.9 Å². The monoisotopic (exact) mass is 458 g/mol. The molecule has 0 atom stereocenters. The summed E-state index contributed by atoms with van der Waals surface area (Å²) in [6.07, 6.45) is 3.55. The lowest BCUT2D eigenvalue weighted by Gasteiger charge is -2.12. The molecule has 0 spiro atoms. The third kappa shape index (κ3) is 4.52. The fourth-order valence-electron chi connectivity index (χ4n) is 3.70. The number of hydrogen-bond acceptors (Lipinski definition) is 4. The Morgan fingerprint density at radius 1 is 1.00 bits per heavy atom. The van der Waals surface area contributed by atoms with Crippen molar-refractivity contribution >= 4 is 34.0 Å². The molecule has 0 unspecified atom stereocenters. The number of benzene rings is 3. The molecule has 5 nitrogen and oxygen atoms in total. The van der Waals surface area contributed by atoms with Gasteiger partial charge in [0.15, 0.2) is 0 Å². The van der Waals surface area contributed by atoms with E-state index in [0.29, 0.717) is 16.6 Å². The van der Waals surface area contributed by atoms with Crippen LogP contribution in [0.1, 0.15) is 5.56 Å². The molecular formula is C26H20ClFN4O. The van der Waals surface area contributed by atoms with Gasteiger partial charge in [-0.05, 0) is 65.7 Å². The zero-order chi connectivity index (χ0) is 22.8. The van der Waals surface area contributed by atoms with Gasteiger partial charge in [-0.3, -0.25) is 0 Å². The summed E-state index contributed by atoms with van der Waals surface area (Å²) in [5.41, 5.74) is 4.52. The Hall–Kier alpha value is -3.90. The van der Waals surface area contributed by atoms with E-state index in [0.717, 1.165) is 33.4 Å². The van der Waals surface area contributed by atoms with Crippen molar-refractivity contribution in [1.29, 1.82) is 0 Å². The predicted molar refractivity (Wildman–Crippen MR) is 129 cm³/mol. The van der Waals surface area contributed by atoms with Crippen LogP contribution in [0.15, 0.2) is 85.3 Å². The summed E-state index contributed by atoms with van der Waals surface area (Å²) >= 11 is 6.45. The van der Waals surface area contributed by atoms with E-state index in [1.165, 1.54) is 18.5 Å². The molecule has 2 heterocycles. The van der Waals surface area contributed by atoms with Crippen LogP contribution in [0.2, 0.25) is 5.02 Å². The van der Waals surface area contributed by atoms with E-state index < -0.39 is 0 Å². The molecule has 164 valence electrons. The number of ether oxygens (including phenoxy) is 1. The van der Waals surface area contributed by atoms with Crippen LogP contribution in [-0.4, -0.2) is 14.5 Å². The van der Waals surface area contributed by atoms with E-state index in [2.05, 4.69) is 38.1 Å². The van der Waals surface area contributed by atoms with E-state index in [4.69, 9.17) is 16.3 Å². The molecular weight excluding hydrogens is 439 g/mol. The SMILES string of the molecule is Cn1cccc1-c1ccc2ncnc(Nc3ccc(OCc4cccc(F)c4)c(Cl)c3)c2c1. The maximum atomic E-state index is 13.4. The molecule has 0 saturated heterocycles. The second kappa shape index (κ2) is 8.92. The second-order valence-corrected chi connectivity index (χ2v) is 8.05. The van der Waals surface area contributed by atoms with Crippen LogP contribution in [0.5, 0.6) is 5.75 Å². The molecule has 0 radical (unpaired) electrons. The van der Waals surface area contributed by atoms with E-state index in [-0.39, 0.29) is 12.4 Å². The van der Waals surface area contributed by atoms with Gasteiger partial charge in [-0.15, -0.1) is 0 Å². The van der Waals surface area contributed by atoms with Gasteiger partial charge in [-0.1, -0.05) is 29.8 Å². The molecule has 5 rings (SSSR count). The Bertz CT molecular complexity index is 1450. The summed E-state index contributed by atoms with van der Waals surface area (Å²) in [6, 6.07) is 21.9. The first-order chi connectivity index (χ1) is 16.1. The minimum atomic E-state index is -0.297. The summed E-state index contributed by atoms with van der Waals surface area (Å²) < 4.78 is 21.2. The molecule has 0 fully saturated rings. The molecule has 33 heavy (non-hydrogen) atoms. The summed E-state index contributed by atoms with van der Waals surface area (Å²) in [4.78, 5) is 8.83. The number of fused-ring (bicyclic) bond motifs is 1. The van der Waals surface area contributed by atoms with E-state index in [9.17, 15) is 4.39 Å². The quantitative estimate of drug-likeness (QED) is 0.306. The smallest absolute Gasteiger partial charge is 0.141 e. The van der Waals surface area contributed by atoms with Gasteiger partial charge in [-0.25, -0.2) is 14.4 Å². The average molecular weight is 459 g/mol. The predicted octanol–water partition coefficient (Wildman–Crippen LogP) is 6.75. The zero-order valence-electron chi connectivity index (χ0n) is 17.8. The number of nitrogens with one attached hydrogen (secondary N) is 1. The summed E-state index contributed by atoms with van der Waals surface area (Å²) in [7, 11) is 2.01. The Kier molecular flexibility index (Phi) is 5.67. The summed E-state index contributed by atoms with van der Waals surface area (Å²) in [6.45, 7) is 0.225. The second-order valence-electron chi connectivity index (χ2n) is 7.65. The summed E-state index contributed by atoms with van der Waals surface area (Å²) in [5.74, 6) is 0.902. The van der Waals surface area contributed by atoms with E-state index in [1.54, 1.807) is 24.3 Å². The molecule has 0 bridgehead atoms. The molecule has 1 N–H and O–H groups in total. The highest BCUT2D eigenvalue weighted by Gasteiger charge is 2.10. The normalized spacial score (nSPS) is 11.0. The number of aryl methyl sites for hydroxylation is 1. The maximum absolute atomic E-state index is 13.4. The fourth-order valence-corrected chi connectivity index (χ4v) is 3.93. The Morgan fingerprint density at radius 2 is 1.91 bits per heavy atom. The first kappa shape index (κ1) is 21.0. The van der Waals surface area contributed by atoms with Crippen LogP contribution in [-0.2, 0) is 13.7 Å². The molecule has 0 aliphatic rings. The fraction of sp³-hybridized carbons (Fsp3) is 0.0769. The number of anilines is 2. The highest BCUT2D eigenvalue weighted by atomic mass is 35.5. The highest BCUT2D eigenvalue weighted by Crippen LogP contribution is 2.32. The van der Waals surface area contributed by atoms with Gasteiger partial charge in [0.1, 0.15) is 30.3 Å². The van der Waals surface area contributed by atoms with Crippen molar-refractivity contribution < 1.29 is 9.13 Å². The third-order valence-electron chi connectivity index (χ3n) is 5.35. The van der Waals surface area contributed by atoms with Gasteiger partial charge >= 0.3 is 0 Å². The molecule has 0 amide bonds.